The number of hydrogen-bond acceptors (Lipinski definition) is 1. The first kappa shape index (κ1) is 12.0. The summed E-state index contributed by atoms with van der Waals surface area (Å²) in [4.78, 5) is 0. The van der Waals surface area contributed by atoms with Gasteiger partial charge in [0.05, 0.1) is 0 Å². The highest BCUT2D eigenvalue weighted by atomic mass is 16.3. The maximum Gasteiger partial charge on any atom is 0.0433 e. The molecule has 74 valence electrons. The fourth-order valence-electron chi connectivity index (χ4n) is 1.62. The van der Waals surface area contributed by atoms with E-state index in [0.29, 0.717) is 17.9 Å². The van der Waals surface area contributed by atoms with Crippen molar-refractivity contribution in [2.24, 2.45) is 11.3 Å². The van der Waals surface area contributed by atoms with Gasteiger partial charge in [0.2, 0.25) is 0 Å². The normalized spacial score (nSPS) is 14.8. The van der Waals surface area contributed by atoms with Gasteiger partial charge in [-0.1, -0.05) is 40.5 Å². The van der Waals surface area contributed by atoms with Crippen molar-refractivity contribution in [1.82, 2.24) is 0 Å². The lowest BCUT2D eigenvalue weighted by molar-refractivity contribution is 0.162. The maximum atomic E-state index is 8.90. The highest BCUT2D eigenvalue weighted by Gasteiger charge is 2.22. The molecule has 0 aromatic carbocycles. The van der Waals surface area contributed by atoms with Gasteiger partial charge in [-0.2, -0.15) is 0 Å². The van der Waals surface area contributed by atoms with Crippen LogP contribution in [-0.2, 0) is 0 Å². The molecule has 0 radical (unpaired) electrons. The molecule has 0 aliphatic heterocycles. The highest BCUT2D eigenvalue weighted by molar-refractivity contribution is 4.73. The van der Waals surface area contributed by atoms with Gasteiger partial charge in [-0.25, -0.2) is 0 Å². The van der Waals surface area contributed by atoms with Gasteiger partial charge in [0.1, 0.15) is 0 Å². The summed E-state index contributed by atoms with van der Waals surface area (Å²) in [5, 5.41) is 8.90. The molecule has 1 atom stereocenters. The van der Waals surface area contributed by atoms with Crippen LogP contribution >= 0.6 is 0 Å². The third-order valence-corrected chi connectivity index (χ3v) is 2.61. The third kappa shape index (κ3) is 4.76. The molecule has 0 amide bonds. The van der Waals surface area contributed by atoms with E-state index >= 15 is 0 Å². The average molecular weight is 172 g/mol. The summed E-state index contributed by atoms with van der Waals surface area (Å²) < 4.78 is 0. The predicted octanol–water partition coefficient (Wildman–Crippen LogP) is 3.22. The standard InChI is InChI=1S/C11H24O/c1-5-6-7-10(8-9-12)11(2,3)4/h10,12H,5-9H2,1-4H3/t10-/m0/s1. The van der Waals surface area contributed by atoms with E-state index in [2.05, 4.69) is 27.7 Å². The van der Waals surface area contributed by atoms with Crippen molar-refractivity contribution in [3.8, 4) is 0 Å². The molecule has 0 saturated heterocycles. The molecule has 0 bridgehead atoms. The van der Waals surface area contributed by atoms with Gasteiger partial charge < -0.3 is 5.11 Å². The van der Waals surface area contributed by atoms with E-state index in [9.17, 15) is 0 Å². The Morgan fingerprint density at radius 2 is 1.75 bits per heavy atom. The molecule has 0 spiro atoms. The molecular weight excluding hydrogens is 148 g/mol. The zero-order chi connectivity index (χ0) is 9.61. The van der Waals surface area contributed by atoms with Gasteiger partial charge in [0.15, 0.2) is 0 Å². The minimum Gasteiger partial charge on any atom is -0.396 e. The van der Waals surface area contributed by atoms with Crippen molar-refractivity contribution in [3.63, 3.8) is 0 Å². The number of aliphatic hydroxyl groups excluding tert-OH is 1. The van der Waals surface area contributed by atoms with Crippen LogP contribution in [0.1, 0.15) is 53.4 Å². The molecule has 1 heteroatoms. The average Bonchev–Trinajstić information content (AvgIpc) is 1.95. The molecule has 0 rings (SSSR count). The van der Waals surface area contributed by atoms with E-state index in [0.717, 1.165) is 6.42 Å². The van der Waals surface area contributed by atoms with E-state index in [-0.39, 0.29) is 0 Å². The molecule has 0 unspecified atom stereocenters. The lowest BCUT2D eigenvalue weighted by Gasteiger charge is -2.30. The summed E-state index contributed by atoms with van der Waals surface area (Å²) in [5.41, 5.74) is 0.359. The van der Waals surface area contributed by atoms with Crippen LogP contribution in [0.2, 0.25) is 0 Å². The second kappa shape index (κ2) is 5.58. The van der Waals surface area contributed by atoms with Crippen LogP contribution in [0.3, 0.4) is 0 Å². The maximum absolute atomic E-state index is 8.90. The van der Waals surface area contributed by atoms with Crippen molar-refractivity contribution >= 4 is 0 Å². The second-order valence-electron chi connectivity index (χ2n) is 4.72. The molecule has 0 saturated carbocycles. The van der Waals surface area contributed by atoms with Crippen LogP contribution in [0, 0.1) is 11.3 Å². The Morgan fingerprint density at radius 3 is 2.08 bits per heavy atom. The molecule has 0 aliphatic carbocycles. The zero-order valence-electron chi connectivity index (χ0n) is 9.06. The Kier molecular flexibility index (Phi) is 5.56. The van der Waals surface area contributed by atoms with E-state index < -0.39 is 0 Å². The molecule has 1 nitrogen and oxygen atoms in total. The molecule has 0 aromatic heterocycles. The van der Waals surface area contributed by atoms with Crippen LogP contribution in [-0.4, -0.2) is 11.7 Å². The zero-order valence-corrected chi connectivity index (χ0v) is 9.06. The second-order valence-corrected chi connectivity index (χ2v) is 4.72. The fraction of sp³-hybridized carbons (Fsp3) is 1.00. The van der Waals surface area contributed by atoms with Crippen LogP contribution in [0.15, 0.2) is 0 Å². The largest absolute Gasteiger partial charge is 0.396 e. The minimum atomic E-state index is 0.339. The highest BCUT2D eigenvalue weighted by Crippen LogP contribution is 2.32. The first-order chi connectivity index (χ1) is 5.52. The van der Waals surface area contributed by atoms with E-state index in [1.54, 1.807) is 0 Å². The summed E-state index contributed by atoms with van der Waals surface area (Å²) in [6, 6.07) is 0. The van der Waals surface area contributed by atoms with Crippen LogP contribution in [0.4, 0.5) is 0 Å². The molecule has 0 aromatic rings. The lowest BCUT2D eigenvalue weighted by Crippen LogP contribution is -2.21. The predicted molar refractivity (Wildman–Crippen MR) is 54.2 cm³/mol. The summed E-state index contributed by atoms with van der Waals surface area (Å²) in [6.45, 7) is 9.36. The summed E-state index contributed by atoms with van der Waals surface area (Å²) in [5.74, 6) is 0.683. The molecule has 0 aliphatic rings. The lowest BCUT2D eigenvalue weighted by atomic mass is 9.76. The van der Waals surface area contributed by atoms with Crippen LogP contribution in [0.25, 0.3) is 0 Å². The molecule has 1 N–H and O–H groups in total. The van der Waals surface area contributed by atoms with Gasteiger partial charge in [0.25, 0.3) is 0 Å². The Bertz CT molecular complexity index is 102. The van der Waals surface area contributed by atoms with Crippen molar-refractivity contribution in [3.05, 3.63) is 0 Å². The monoisotopic (exact) mass is 172 g/mol. The van der Waals surface area contributed by atoms with Crippen LogP contribution in [0.5, 0.6) is 0 Å². The van der Waals surface area contributed by atoms with Gasteiger partial charge in [-0.15, -0.1) is 0 Å². The fourth-order valence-corrected chi connectivity index (χ4v) is 1.62. The van der Waals surface area contributed by atoms with Gasteiger partial charge in [0, 0.05) is 6.61 Å². The Morgan fingerprint density at radius 1 is 1.17 bits per heavy atom. The number of hydrogen-bond donors (Lipinski definition) is 1. The van der Waals surface area contributed by atoms with E-state index in [1.807, 2.05) is 0 Å². The smallest absolute Gasteiger partial charge is 0.0433 e. The Balaban J connectivity index is 3.86. The van der Waals surface area contributed by atoms with E-state index in [4.69, 9.17) is 5.11 Å². The summed E-state index contributed by atoms with van der Waals surface area (Å²) in [6.07, 6.45) is 4.78. The van der Waals surface area contributed by atoms with Crippen LogP contribution < -0.4 is 0 Å². The summed E-state index contributed by atoms with van der Waals surface area (Å²) in [7, 11) is 0. The van der Waals surface area contributed by atoms with Crippen molar-refractivity contribution in [1.29, 1.82) is 0 Å². The SMILES string of the molecule is CCCC[C@@H](CCO)C(C)(C)C. The topological polar surface area (TPSA) is 20.2 Å². The first-order valence-corrected chi connectivity index (χ1v) is 5.13. The number of aliphatic hydroxyl groups is 1. The molecule has 0 fully saturated rings. The van der Waals surface area contributed by atoms with Gasteiger partial charge in [-0.05, 0) is 24.2 Å². The van der Waals surface area contributed by atoms with Crippen molar-refractivity contribution < 1.29 is 5.11 Å². The molecule has 0 heterocycles. The quantitative estimate of drug-likeness (QED) is 0.675. The Labute approximate surface area is 77.2 Å². The summed E-state index contributed by atoms with van der Waals surface area (Å²) >= 11 is 0. The van der Waals surface area contributed by atoms with Gasteiger partial charge >= 0.3 is 0 Å². The van der Waals surface area contributed by atoms with Crippen molar-refractivity contribution in [2.45, 2.75) is 53.4 Å². The van der Waals surface area contributed by atoms with Crippen molar-refractivity contribution in [2.75, 3.05) is 6.61 Å². The Hall–Kier alpha value is -0.0400. The van der Waals surface area contributed by atoms with Gasteiger partial charge in [-0.3, -0.25) is 0 Å². The number of rotatable bonds is 5. The number of unbranched alkanes of at least 4 members (excludes halogenated alkanes) is 1. The first-order valence-electron chi connectivity index (χ1n) is 5.13. The third-order valence-electron chi connectivity index (χ3n) is 2.61. The molecule has 12 heavy (non-hydrogen) atoms. The minimum absolute atomic E-state index is 0.339. The van der Waals surface area contributed by atoms with E-state index in [1.165, 1.54) is 19.3 Å². The molecular formula is C11H24O.